The number of nitrogens with zero attached hydrogens (tertiary/aromatic N) is 2. The molecule has 0 saturated carbocycles. The number of hydrogen-bond acceptors (Lipinski definition) is 2. The van der Waals surface area contributed by atoms with Crippen molar-refractivity contribution < 1.29 is 0 Å². The summed E-state index contributed by atoms with van der Waals surface area (Å²) in [5.74, 6) is 0. The molecule has 1 aromatic heterocycles. The van der Waals surface area contributed by atoms with Gasteiger partial charge in [-0.1, -0.05) is 12.7 Å². The van der Waals surface area contributed by atoms with Crippen LogP contribution in [0, 0.1) is 0 Å². The van der Waals surface area contributed by atoms with Crippen LogP contribution in [0.25, 0.3) is 5.57 Å². The zero-order valence-electron chi connectivity index (χ0n) is 7.41. The molecule has 62 valence electrons. The Hall–Kier alpha value is -1.44. The molecule has 0 radical (unpaired) electrons. The molecule has 0 amide bonds. The highest BCUT2D eigenvalue weighted by molar-refractivity contribution is 5.65. The number of allylic oxidation sites excluding steroid dienone is 3. The predicted molar refractivity (Wildman–Crippen MR) is 50.5 cm³/mol. The van der Waals surface area contributed by atoms with Crippen molar-refractivity contribution in [1.82, 2.24) is 9.97 Å². The maximum Gasteiger partial charge on any atom is 0.0844 e. The number of rotatable bonds is 2. The van der Waals surface area contributed by atoms with E-state index in [1.54, 1.807) is 18.6 Å². The molecule has 0 bridgehead atoms. The fourth-order valence-electron chi connectivity index (χ4n) is 0.848. The summed E-state index contributed by atoms with van der Waals surface area (Å²) in [5.41, 5.74) is 3.17. The van der Waals surface area contributed by atoms with Crippen LogP contribution >= 0.6 is 0 Å². The number of hydrogen-bond donors (Lipinski definition) is 0. The van der Waals surface area contributed by atoms with Crippen molar-refractivity contribution in [3.05, 3.63) is 42.5 Å². The first-order valence-electron chi connectivity index (χ1n) is 3.82. The lowest BCUT2D eigenvalue weighted by Crippen LogP contribution is -1.88. The third-order valence-electron chi connectivity index (χ3n) is 1.85. The Kier molecular flexibility index (Phi) is 2.75. The van der Waals surface area contributed by atoms with Crippen LogP contribution in [0.1, 0.15) is 19.5 Å². The largest absolute Gasteiger partial charge is 0.261 e. The van der Waals surface area contributed by atoms with Gasteiger partial charge in [0.25, 0.3) is 0 Å². The molecule has 0 aliphatic rings. The first kappa shape index (κ1) is 8.65. The average Bonchev–Trinajstić information content (AvgIpc) is 2.17. The second kappa shape index (κ2) is 3.81. The minimum Gasteiger partial charge on any atom is -0.261 e. The molecule has 0 N–H and O–H groups in total. The normalized spacial score (nSPS) is 12.2. The van der Waals surface area contributed by atoms with Gasteiger partial charge in [-0.05, 0) is 25.0 Å². The standard InChI is InChI=1S/C10H12N2/c1-4-8(2)9(3)10-7-11-5-6-12-10/h4-7H,1H2,2-3H3/b9-8+. The second-order valence-electron chi connectivity index (χ2n) is 2.60. The molecule has 1 heterocycles. The smallest absolute Gasteiger partial charge is 0.0844 e. The van der Waals surface area contributed by atoms with Crippen molar-refractivity contribution in [2.75, 3.05) is 0 Å². The Morgan fingerprint density at radius 3 is 2.67 bits per heavy atom. The van der Waals surface area contributed by atoms with Gasteiger partial charge in [0, 0.05) is 12.4 Å². The summed E-state index contributed by atoms with van der Waals surface area (Å²) in [6, 6.07) is 0. The Balaban J connectivity index is 3.08. The molecule has 0 aliphatic heterocycles. The van der Waals surface area contributed by atoms with Gasteiger partial charge in [0.15, 0.2) is 0 Å². The molecule has 12 heavy (non-hydrogen) atoms. The summed E-state index contributed by atoms with van der Waals surface area (Å²) < 4.78 is 0. The topological polar surface area (TPSA) is 25.8 Å². The summed E-state index contributed by atoms with van der Waals surface area (Å²) in [6.07, 6.45) is 6.93. The lowest BCUT2D eigenvalue weighted by atomic mass is 10.1. The molecule has 2 nitrogen and oxygen atoms in total. The predicted octanol–water partition coefficient (Wildman–Crippen LogP) is 2.46. The van der Waals surface area contributed by atoms with E-state index < -0.39 is 0 Å². The van der Waals surface area contributed by atoms with Gasteiger partial charge >= 0.3 is 0 Å². The summed E-state index contributed by atoms with van der Waals surface area (Å²) in [4.78, 5) is 8.17. The Morgan fingerprint density at radius 2 is 2.17 bits per heavy atom. The van der Waals surface area contributed by atoms with Crippen LogP contribution in [0.15, 0.2) is 36.8 Å². The maximum atomic E-state index is 4.18. The third-order valence-corrected chi connectivity index (χ3v) is 1.85. The monoisotopic (exact) mass is 160 g/mol. The van der Waals surface area contributed by atoms with Crippen LogP contribution < -0.4 is 0 Å². The van der Waals surface area contributed by atoms with Gasteiger partial charge in [-0.3, -0.25) is 9.97 Å². The van der Waals surface area contributed by atoms with Gasteiger partial charge < -0.3 is 0 Å². The molecule has 1 aromatic rings. The summed E-state index contributed by atoms with van der Waals surface area (Å²) in [5, 5.41) is 0. The van der Waals surface area contributed by atoms with E-state index in [9.17, 15) is 0 Å². The van der Waals surface area contributed by atoms with Crippen molar-refractivity contribution in [2.24, 2.45) is 0 Å². The number of aromatic nitrogens is 2. The van der Waals surface area contributed by atoms with E-state index in [4.69, 9.17) is 0 Å². The van der Waals surface area contributed by atoms with E-state index in [2.05, 4.69) is 16.5 Å². The average molecular weight is 160 g/mol. The molecule has 2 heteroatoms. The van der Waals surface area contributed by atoms with Gasteiger partial charge in [0.1, 0.15) is 0 Å². The van der Waals surface area contributed by atoms with Gasteiger partial charge in [0.2, 0.25) is 0 Å². The van der Waals surface area contributed by atoms with Gasteiger partial charge in [-0.2, -0.15) is 0 Å². The Labute approximate surface area is 72.7 Å². The zero-order valence-corrected chi connectivity index (χ0v) is 7.41. The van der Waals surface area contributed by atoms with Crippen LogP contribution in [0.2, 0.25) is 0 Å². The van der Waals surface area contributed by atoms with Crippen LogP contribution in [-0.2, 0) is 0 Å². The van der Waals surface area contributed by atoms with Crippen LogP contribution in [0.5, 0.6) is 0 Å². The first-order valence-corrected chi connectivity index (χ1v) is 3.82. The van der Waals surface area contributed by atoms with Gasteiger partial charge in [-0.25, -0.2) is 0 Å². The van der Waals surface area contributed by atoms with Crippen molar-refractivity contribution in [1.29, 1.82) is 0 Å². The van der Waals surface area contributed by atoms with E-state index in [1.807, 2.05) is 19.9 Å². The fourth-order valence-corrected chi connectivity index (χ4v) is 0.848. The van der Waals surface area contributed by atoms with Crippen LogP contribution in [-0.4, -0.2) is 9.97 Å². The van der Waals surface area contributed by atoms with Crippen LogP contribution in [0.4, 0.5) is 0 Å². The molecule has 0 saturated heterocycles. The minimum absolute atomic E-state index is 0.912. The van der Waals surface area contributed by atoms with Crippen molar-refractivity contribution in [2.45, 2.75) is 13.8 Å². The lowest BCUT2D eigenvalue weighted by molar-refractivity contribution is 1.16. The van der Waals surface area contributed by atoms with E-state index in [0.29, 0.717) is 0 Å². The van der Waals surface area contributed by atoms with Crippen molar-refractivity contribution >= 4 is 5.57 Å². The highest BCUT2D eigenvalue weighted by Gasteiger charge is 1.97. The molecular weight excluding hydrogens is 148 g/mol. The minimum atomic E-state index is 0.912. The van der Waals surface area contributed by atoms with Crippen molar-refractivity contribution in [3.8, 4) is 0 Å². The molecule has 0 unspecified atom stereocenters. The van der Waals surface area contributed by atoms with E-state index in [-0.39, 0.29) is 0 Å². The molecule has 0 spiro atoms. The molecule has 0 atom stereocenters. The first-order chi connectivity index (χ1) is 5.75. The van der Waals surface area contributed by atoms with E-state index >= 15 is 0 Å². The second-order valence-corrected chi connectivity index (χ2v) is 2.60. The quantitative estimate of drug-likeness (QED) is 0.621. The third kappa shape index (κ3) is 1.78. The highest BCUT2D eigenvalue weighted by atomic mass is 14.8. The van der Waals surface area contributed by atoms with Crippen molar-refractivity contribution in [3.63, 3.8) is 0 Å². The summed E-state index contributed by atoms with van der Waals surface area (Å²) in [7, 11) is 0. The molecule has 0 fully saturated rings. The van der Waals surface area contributed by atoms with Crippen LogP contribution in [0.3, 0.4) is 0 Å². The van der Waals surface area contributed by atoms with E-state index in [0.717, 1.165) is 16.8 Å². The highest BCUT2D eigenvalue weighted by Crippen LogP contribution is 2.14. The molecule has 0 aromatic carbocycles. The summed E-state index contributed by atoms with van der Waals surface area (Å²) >= 11 is 0. The van der Waals surface area contributed by atoms with Gasteiger partial charge in [-0.15, -0.1) is 0 Å². The zero-order chi connectivity index (χ0) is 8.97. The maximum absolute atomic E-state index is 4.18. The Morgan fingerprint density at radius 1 is 1.42 bits per heavy atom. The Bertz CT molecular complexity index is 299. The van der Waals surface area contributed by atoms with Gasteiger partial charge in [0.05, 0.1) is 11.9 Å². The lowest BCUT2D eigenvalue weighted by Gasteiger charge is -2.01. The SMILES string of the molecule is C=C/C(C)=C(\C)c1cnccn1. The van der Waals surface area contributed by atoms with E-state index in [1.165, 1.54) is 0 Å². The molecule has 0 aliphatic carbocycles. The molecular formula is C10H12N2. The summed E-state index contributed by atoms with van der Waals surface area (Å²) in [6.45, 7) is 7.73. The fraction of sp³-hybridized carbons (Fsp3) is 0.200. The molecule has 1 rings (SSSR count).